The van der Waals surface area contributed by atoms with Gasteiger partial charge >= 0.3 is 6.09 Å². The molecule has 4 heterocycles. The Morgan fingerprint density at radius 3 is 2.42 bits per heavy atom. The molecule has 0 aromatic carbocycles. The summed E-state index contributed by atoms with van der Waals surface area (Å²) in [6, 6.07) is 7.32. The molecule has 1 aliphatic heterocycles. The molecule has 0 aliphatic carbocycles. The van der Waals surface area contributed by atoms with Crippen LogP contribution in [0.3, 0.4) is 0 Å². The number of piperidine rings is 1. The Labute approximate surface area is 211 Å². The minimum absolute atomic E-state index is 0.134. The maximum atomic E-state index is 12.9. The molecule has 1 N–H and O–H groups in total. The molecule has 10 nitrogen and oxygen atoms in total. The van der Waals surface area contributed by atoms with Crippen LogP contribution in [0.4, 0.5) is 10.6 Å². The van der Waals surface area contributed by atoms with Crippen molar-refractivity contribution in [2.45, 2.75) is 66.4 Å². The van der Waals surface area contributed by atoms with E-state index in [1.807, 2.05) is 53.7 Å². The van der Waals surface area contributed by atoms with Crippen LogP contribution in [0.5, 0.6) is 0 Å². The minimum Gasteiger partial charge on any atom is -0.458 e. The fourth-order valence-electron chi connectivity index (χ4n) is 4.23. The zero-order valence-electron chi connectivity index (χ0n) is 21.8. The van der Waals surface area contributed by atoms with Gasteiger partial charge in [-0.05, 0) is 78.5 Å². The van der Waals surface area contributed by atoms with Gasteiger partial charge in [0.25, 0.3) is 0 Å². The van der Waals surface area contributed by atoms with Crippen molar-refractivity contribution in [2.24, 2.45) is 5.92 Å². The first-order valence-electron chi connectivity index (χ1n) is 12.2. The van der Waals surface area contributed by atoms with E-state index in [0.29, 0.717) is 42.7 Å². The first kappa shape index (κ1) is 25.4. The Morgan fingerprint density at radius 2 is 1.83 bits per heavy atom. The highest BCUT2D eigenvalue weighted by Gasteiger charge is 2.28. The smallest absolute Gasteiger partial charge is 0.410 e. The third-order valence-electron chi connectivity index (χ3n) is 5.91. The quantitative estimate of drug-likeness (QED) is 0.540. The summed E-state index contributed by atoms with van der Waals surface area (Å²) < 4.78 is 12.9. The van der Waals surface area contributed by atoms with Crippen molar-refractivity contribution in [3.63, 3.8) is 0 Å². The van der Waals surface area contributed by atoms with Crippen molar-refractivity contribution >= 4 is 17.8 Å². The molecule has 3 aromatic heterocycles. The lowest BCUT2D eigenvalue weighted by atomic mass is 9.93. The van der Waals surface area contributed by atoms with E-state index in [4.69, 9.17) is 9.15 Å². The molecule has 2 amide bonds. The number of furan rings is 1. The molecule has 1 fully saturated rings. The molecule has 36 heavy (non-hydrogen) atoms. The molecule has 192 valence electrons. The number of anilines is 1. The Balaban J connectivity index is 1.45. The third kappa shape index (κ3) is 6.30. The van der Waals surface area contributed by atoms with Crippen LogP contribution in [0.25, 0.3) is 17.4 Å². The maximum Gasteiger partial charge on any atom is 0.410 e. The number of nitrogens with one attached hydrogen (secondary N) is 1. The van der Waals surface area contributed by atoms with Crippen LogP contribution in [0.15, 0.2) is 28.7 Å². The van der Waals surface area contributed by atoms with Crippen LogP contribution in [-0.2, 0) is 9.53 Å². The van der Waals surface area contributed by atoms with Crippen LogP contribution in [0.2, 0.25) is 0 Å². The zero-order valence-corrected chi connectivity index (χ0v) is 21.8. The highest BCUT2D eigenvalue weighted by atomic mass is 16.6. The number of carbonyl (C=O) groups excluding carboxylic acids is 2. The van der Waals surface area contributed by atoms with Gasteiger partial charge < -0.3 is 19.4 Å². The number of nitrogens with zero attached hydrogens (tertiary/aromatic N) is 5. The second-order valence-corrected chi connectivity index (χ2v) is 10.3. The van der Waals surface area contributed by atoms with Gasteiger partial charge in [-0.3, -0.25) is 4.79 Å². The van der Waals surface area contributed by atoms with E-state index in [1.165, 1.54) is 0 Å². The van der Waals surface area contributed by atoms with Gasteiger partial charge in [0.15, 0.2) is 17.4 Å². The molecule has 0 unspecified atom stereocenters. The van der Waals surface area contributed by atoms with Crippen molar-refractivity contribution in [3.05, 3.63) is 41.4 Å². The molecule has 0 spiro atoms. The summed E-state index contributed by atoms with van der Waals surface area (Å²) >= 11 is 0. The molecular weight excluding hydrogens is 460 g/mol. The molecule has 1 saturated heterocycles. The van der Waals surface area contributed by atoms with Crippen molar-refractivity contribution in [1.82, 2.24) is 24.6 Å². The van der Waals surface area contributed by atoms with Gasteiger partial charge in [-0.1, -0.05) is 0 Å². The summed E-state index contributed by atoms with van der Waals surface area (Å²) in [6.45, 7) is 12.4. The normalized spacial score (nSPS) is 14.7. The van der Waals surface area contributed by atoms with Gasteiger partial charge in [0.1, 0.15) is 17.2 Å². The second-order valence-electron chi connectivity index (χ2n) is 10.3. The Kier molecular flexibility index (Phi) is 7.14. The van der Waals surface area contributed by atoms with E-state index in [-0.39, 0.29) is 17.9 Å². The number of likely N-dealkylation sites (tertiary alicyclic amines) is 1. The molecule has 0 saturated carbocycles. The lowest BCUT2D eigenvalue weighted by Crippen LogP contribution is -2.42. The average molecular weight is 495 g/mol. The van der Waals surface area contributed by atoms with Gasteiger partial charge in [0, 0.05) is 31.3 Å². The molecule has 10 heteroatoms. The summed E-state index contributed by atoms with van der Waals surface area (Å²) in [5, 5.41) is 7.45. The second kappa shape index (κ2) is 10.1. The number of ether oxygens (including phenoxy) is 1. The number of aromatic nitrogens is 4. The van der Waals surface area contributed by atoms with E-state index in [2.05, 4.69) is 20.4 Å². The molecule has 0 bridgehead atoms. The standard InChI is InChI=1S/C26H34N6O4/c1-16-13-17(2)32(30-16)22-15-21(28-24(29-22)20-8-7-18(3)35-20)27-23(33)14-19-9-11-31(12-10-19)25(34)36-26(4,5)6/h7-8,13,15,19H,9-12,14H2,1-6H3,(H,27,28,29,33). The average Bonchev–Trinajstić information content (AvgIpc) is 3.37. The molecule has 0 atom stereocenters. The Morgan fingerprint density at radius 1 is 1.11 bits per heavy atom. The van der Waals surface area contributed by atoms with Crippen LogP contribution in [0.1, 0.15) is 57.2 Å². The zero-order chi connectivity index (χ0) is 26.0. The largest absolute Gasteiger partial charge is 0.458 e. The van der Waals surface area contributed by atoms with Crippen molar-refractivity contribution < 1.29 is 18.7 Å². The molecular formula is C26H34N6O4. The van der Waals surface area contributed by atoms with E-state index in [0.717, 1.165) is 30.0 Å². The summed E-state index contributed by atoms with van der Waals surface area (Å²) in [5.74, 6) is 2.59. The fraction of sp³-hybridized carbons (Fsp3) is 0.500. The van der Waals surface area contributed by atoms with Gasteiger partial charge in [0.05, 0.1) is 5.69 Å². The SMILES string of the molecule is Cc1cc(C)n(-c2cc(NC(=O)CC3CCN(C(=O)OC(C)(C)C)CC3)nc(-c3ccc(C)o3)n2)n1. The lowest BCUT2D eigenvalue weighted by Gasteiger charge is -2.33. The number of aryl methyl sites for hydroxylation is 3. The topological polar surface area (TPSA) is 115 Å². The van der Waals surface area contributed by atoms with E-state index in [9.17, 15) is 9.59 Å². The van der Waals surface area contributed by atoms with E-state index in [1.54, 1.807) is 21.7 Å². The maximum absolute atomic E-state index is 12.9. The number of rotatable bonds is 5. The van der Waals surface area contributed by atoms with Gasteiger partial charge in [-0.15, -0.1) is 0 Å². The van der Waals surface area contributed by atoms with Crippen LogP contribution < -0.4 is 5.32 Å². The predicted octanol–water partition coefficient (Wildman–Crippen LogP) is 4.82. The van der Waals surface area contributed by atoms with Crippen molar-refractivity contribution in [3.8, 4) is 17.4 Å². The monoisotopic (exact) mass is 494 g/mol. The van der Waals surface area contributed by atoms with Crippen LogP contribution >= 0.6 is 0 Å². The summed E-state index contributed by atoms with van der Waals surface area (Å²) in [4.78, 5) is 36.1. The highest BCUT2D eigenvalue weighted by Crippen LogP contribution is 2.25. The van der Waals surface area contributed by atoms with Crippen LogP contribution in [-0.4, -0.2) is 55.3 Å². The molecule has 0 radical (unpaired) electrons. The van der Waals surface area contributed by atoms with Gasteiger partial charge in [-0.25, -0.2) is 19.4 Å². The summed E-state index contributed by atoms with van der Waals surface area (Å²) in [7, 11) is 0. The van der Waals surface area contributed by atoms with Crippen molar-refractivity contribution in [2.75, 3.05) is 18.4 Å². The highest BCUT2D eigenvalue weighted by molar-refractivity contribution is 5.90. The first-order chi connectivity index (χ1) is 17.0. The number of amides is 2. The number of hydrogen-bond acceptors (Lipinski definition) is 7. The van der Waals surface area contributed by atoms with Crippen molar-refractivity contribution in [1.29, 1.82) is 0 Å². The molecule has 3 aromatic rings. The van der Waals surface area contributed by atoms with Gasteiger partial charge in [-0.2, -0.15) is 5.10 Å². The fourth-order valence-corrected chi connectivity index (χ4v) is 4.23. The Hall–Kier alpha value is -3.69. The van der Waals surface area contributed by atoms with Crippen LogP contribution in [0, 0.1) is 26.7 Å². The van der Waals surface area contributed by atoms with E-state index < -0.39 is 5.60 Å². The lowest BCUT2D eigenvalue weighted by molar-refractivity contribution is -0.117. The third-order valence-corrected chi connectivity index (χ3v) is 5.91. The predicted molar refractivity (Wildman–Crippen MR) is 135 cm³/mol. The summed E-state index contributed by atoms with van der Waals surface area (Å²) in [6.07, 6.45) is 1.52. The molecule has 1 aliphatic rings. The number of hydrogen-bond donors (Lipinski definition) is 1. The minimum atomic E-state index is -0.523. The van der Waals surface area contributed by atoms with E-state index >= 15 is 0 Å². The summed E-state index contributed by atoms with van der Waals surface area (Å²) in [5.41, 5.74) is 1.26. The molecule has 4 rings (SSSR count). The number of carbonyl (C=O) groups is 2. The first-order valence-corrected chi connectivity index (χ1v) is 12.2. The Bertz CT molecular complexity index is 1250. The van der Waals surface area contributed by atoms with Gasteiger partial charge in [0.2, 0.25) is 5.91 Å².